The lowest BCUT2D eigenvalue weighted by Crippen LogP contribution is -1.98. The highest BCUT2D eigenvalue weighted by atomic mass is 15.1. The largest absolute Gasteiger partial charge is 0.294 e. The second kappa shape index (κ2) is 6.53. The number of benzene rings is 3. The molecule has 4 nitrogen and oxygen atoms in total. The van der Waals surface area contributed by atoms with Crippen molar-refractivity contribution in [3.8, 4) is 11.6 Å². The fourth-order valence-corrected chi connectivity index (χ4v) is 4.90. The summed E-state index contributed by atoms with van der Waals surface area (Å²) in [5, 5.41) is 4.90. The fraction of sp³-hybridized carbons (Fsp3) is 0. The van der Waals surface area contributed by atoms with E-state index in [0.717, 1.165) is 33.7 Å². The Balaban J connectivity index is 1.71. The first kappa shape index (κ1) is 17.3. The Hall–Kier alpha value is -4.44. The maximum Gasteiger partial charge on any atom is 0.137 e. The van der Waals surface area contributed by atoms with Gasteiger partial charge in [0.05, 0.1) is 22.1 Å². The summed E-state index contributed by atoms with van der Waals surface area (Å²) in [4.78, 5) is 9.34. The molecule has 0 saturated heterocycles. The van der Waals surface area contributed by atoms with Crippen LogP contribution < -0.4 is 0 Å². The molecule has 7 aromatic rings. The maximum absolute atomic E-state index is 4.67. The van der Waals surface area contributed by atoms with E-state index in [9.17, 15) is 0 Å². The molecule has 4 heterocycles. The molecule has 0 N–H and O–H groups in total. The Kier molecular flexibility index (Phi) is 3.52. The smallest absolute Gasteiger partial charge is 0.137 e. The number of rotatable bonds is 2. The van der Waals surface area contributed by atoms with Crippen molar-refractivity contribution in [2.75, 3.05) is 0 Å². The van der Waals surface area contributed by atoms with Gasteiger partial charge in [0.25, 0.3) is 0 Å². The van der Waals surface area contributed by atoms with Gasteiger partial charge in [-0.3, -0.25) is 9.13 Å². The van der Waals surface area contributed by atoms with Crippen molar-refractivity contribution in [3.05, 3.63) is 109 Å². The van der Waals surface area contributed by atoms with Crippen molar-refractivity contribution in [1.82, 2.24) is 19.1 Å². The van der Waals surface area contributed by atoms with Crippen molar-refractivity contribution >= 4 is 43.6 Å². The van der Waals surface area contributed by atoms with Gasteiger partial charge in [0.15, 0.2) is 0 Å². The van der Waals surface area contributed by atoms with E-state index in [0.29, 0.717) is 0 Å². The number of aromatic nitrogens is 4. The summed E-state index contributed by atoms with van der Waals surface area (Å²) in [5.41, 5.74) is 4.58. The molecule has 0 atom stereocenters. The van der Waals surface area contributed by atoms with E-state index in [1.807, 2.05) is 36.7 Å². The fourth-order valence-electron chi connectivity index (χ4n) is 4.90. The first-order chi connectivity index (χ1) is 15.9. The molecule has 4 heteroatoms. The third kappa shape index (κ3) is 2.32. The second-order valence-electron chi connectivity index (χ2n) is 7.97. The quantitative estimate of drug-likeness (QED) is 0.319. The van der Waals surface area contributed by atoms with Gasteiger partial charge in [-0.1, -0.05) is 48.5 Å². The van der Waals surface area contributed by atoms with Gasteiger partial charge >= 0.3 is 0 Å². The zero-order valence-electron chi connectivity index (χ0n) is 17.2. The zero-order valence-corrected chi connectivity index (χ0v) is 17.2. The lowest BCUT2D eigenvalue weighted by molar-refractivity contribution is 1.07. The van der Waals surface area contributed by atoms with Gasteiger partial charge < -0.3 is 0 Å². The lowest BCUT2D eigenvalue weighted by atomic mass is 10.1. The van der Waals surface area contributed by atoms with Crippen molar-refractivity contribution in [1.29, 1.82) is 0 Å². The molecule has 0 aliphatic rings. The molecule has 0 radical (unpaired) electrons. The van der Waals surface area contributed by atoms with Crippen LogP contribution in [0.2, 0.25) is 0 Å². The van der Waals surface area contributed by atoms with E-state index < -0.39 is 0 Å². The van der Waals surface area contributed by atoms with Crippen molar-refractivity contribution in [2.45, 2.75) is 0 Å². The third-order valence-electron chi connectivity index (χ3n) is 6.22. The van der Waals surface area contributed by atoms with Crippen molar-refractivity contribution in [2.24, 2.45) is 0 Å². The van der Waals surface area contributed by atoms with Gasteiger partial charge in [-0.2, -0.15) is 0 Å². The van der Waals surface area contributed by atoms with Gasteiger partial charge in [0.1, 0.15) is 11.6 Å². The molecule has 150 valence electrons. The van der Waals surface area contributed by atoms with Crippen LogP contribution in [0.4, 0.5) is 0 Å². The highest BCUT2D eigenvalue weighted by Crippen LogP contribution is 2.38. The highest BCUT2D eigenvalue weighted by Gasteiger charge is 2.18. The molecule has 3 aromatic carbocycles. The van der Waals surface area contributed by atoms with Gasteiger partial charge in [0.2, 0.25) is 0 Å². The lowest BCUT2D eigenvalue weighted by Gasteiger charge is -2.08. The summed E-state index contributed by atoms with van der Waals surface area (Å²) in [6, 6.07) is 33.8. The third-order valence-corrected chi connectivity index (χ3v) is 6.22. The van der Waals surface area contributed by atoms with Gasteiger partial charge in [-0.05, 0) is 48.5 Å². The van der Waals surface area contributed by atoms with Gasteiger partial charge in [-0.15, -0.1) is 0 Å². The molecular weight excluding hydrogens is 392 g/mol. The number of pyridine rings is 2. The first-order valence-electron chi connectivity index (χ1n) is 10.7. The standard InChI is InChI=1S/C28H18N4/c1-3-11-23-19(9-1)21-17-22-20-10-2-4-12-24(20)32(28-14-6-8-16-30-28)26(22)18-25(21)31(23)27-13-5-7-15-29-27/h1-18H. The number of nitrogens with zero attached hydrogens (tertiary/aromatic N) is 4. The molecule has 32 heavy (non-hydrogen) atoms. The maximum atomic E-state index is 4.67. The molecular formula is C28H18N4. The molecule has 0 aliphatic heterocycles. The predicted octanol–water partition coefficient (Wildman–Crippen LogP) is 6.67. The second-order valence-corrected chi connectivity index (χ2v) is 7.97. The average molecular weight is 410 g/mol. The number of fused-ring (bicyclic) bond motifs is 6. The molecule has 0 unspecified atom stereocenters. The Bertz CT molecular complexity index is 1630. The Morgan fingerprint density at radius 3 is 1.34 bits per heavy atom. The molecule has 0 spiro atoms. The molecule has 0 fully saturated rings. The van der Waals surface area contributed by atoms with Crippen LogP contribution >= 0.6 is 0 Å². The topological polar surface area (TPSA) is 35.6 Å². The minimum absolute atomic E-state index is 0.915. The highest BCUT2D eigenvalue weighted by molar-refractivity contribution is 6.19. The first-order valence-corrected chi connectivity index (χ1v) is 10.7. The SMILES string of the molecule is c1ccc(-n2c3ccccc3c3cc4c5ccccc5n(-c5ccccn5)c4cc32)nc1. The Morgan fingerprint density at radius 2 is 0.875 bits per heavy atom. The van der Waals surface area contributed by atoms with Crippen LogP contribution in [-0.4, -0.2) is 19.1 Å². The molecule has 0 saturated carbocycles. The van der Waals surface area contributed by atoms with E-state index in [2.05, 4.69) is 91.9 Å². The van der Waals surface area contributed by atoms with Crippen LogP contribution in [-0.2, 0) is 0 Å². The zero-order chi connectivity index (χ0) is 21.1. The van der Waals surface area contributed by atoms with Gasteiger partial charge in [-0.25, -0.2) is 9.97 Å². The van der Waals surface area contributed by atoms with E-state index in [-0.39, 0.29) is 0 Å². The van der Waals surface area contributed by atoms with Crippen LogP contribution in [0.25, 0.3) is 55.2 Å². The van der Waals surface area contributed by atoms with Crippen LogP contribution in [0.1, 0.15) is 0 Å². The van der Waals surface area contributed by atoms with E-state index in [1.54, 1.807) is 0 Å². The number of para-hydroxylation sites is 2. The van der Waals surface area contributed by atoms with Gasteiger partial charge in [0, 0.05) is 33.9 Å². The Labute approximate surface area is 184 Å². The summed E-state index contributed by atoms with van der Waals surface area (Å²) >= 11 is 0. The molecule has 0 aliphatic carbocycles. The monoisotopic (exact) mass is 410 g/mol. The molecule has 7 rings (SSSR count). The number of hydrogen-bond acceptors (Lipinski definition) is 2. The number of hydrogen-bond donors (Lipinski definition) is 0. The average Bonchev–Trinajstić information content (AvgIpc) is 3.36. The van der Waals surface area contributed by atoms with Crippen LogP contribution in [0.3, 0.4) is 0 Å². The van der Waals surface area contributed by atoms with Crippen LogP contribution in [0, 0.1) is 0 Å². The Morgan fingerprint density at radius 1 is 0.406 bits per heavy atom. The summed E-state index contributed by atoms with van der Waals surface area (Å²) < 4.78 is 4.51. The van der Waals surface area contributed by atoms with Crippen molar-refractivity contribution < 1.29 is 0 Å². The molecule has 4 aromatic heterocycles. The summed E-state index contributed by atoms with van der Waals surface area (Å²) in [5.74, 6) is 1.83. The summed E-state index contributed by atoms with van der Waals surface area (Å²) in [6.07, 6.45) is 3.69. The minimum Gasteiger partial charge on any atom is -0.294 e. The molecule has 0 bridgehead atoms. The van der Waals surface area contributed by atoms with E-state index in [4.69, 9.17) is 0 Å². The summed E-state index contributed by atoms with van der Waals surface area (Å²) in [7, 11) is 0. The van der Waals surface area contributed by atoms with Crippen LogP contribution in [0.15, 0.2) is 109 Å². The van der Waals surface area contributed by atoms with E-state index >= 15 is 0 Å². The normalized spacial score (nSPS) is 11.8. The minimum atomic E-state index is 0.915. The van der Waals surface area contributed by atoms with Crippen LogP contribution in [0.5, 0.6) is 0 Å². The van der Waals surface area contributed by atoms with E-state index in [1.165, 1.54) is 21.5 Å². The molecule has 0 amide bonds. The van der Waals surface area contributed by atoms with Crippen molar-refractivity contribution in [3.63, 3.8) is 0 Å². The summed E-state index contributed by atoms with van der Waals surface area (Å²) in [6.45, 7) is 0. The predicted molar refractivity (Wildman–Crippen MR) is 131 cm³/mol.